The summed E-state index contributed by atoms with van der Waals surface area (Å²) in [6.45, 7) is 2.02. The summed E-state index contributed by atoms with van der Waals surface area (Å²) in [5, 5.41) is 5.06. The number of aromatic nitrogens is 2. The summed E-state index contributed by atoms with van der Waals surface area (Å²) in [7, 11) is 0. The van der Waals surface area contributed by atoms with Crippen LogP contribution in [0.3, 0.4) is 0 Å². The molecule has 0 saturated carbocycles. The molecule has 0 bridgehead atoms. The monoisotopic (exact) mass is 187 g/mol. The number of anilines is 1. The minimum Gasteiger partial charge on any atom is -0.462 e. The lowest BCUT2D eigenvalue weighted by molar-refractivity contribution is 0.0527. The zero-order valence-corrected chi connectivity index (χ0v) is 7.33. The molecule has 6 heteroatoms. The van der Waals surface area contributed by atoms with E-state index in [-0.39, 0.29) is 16.0 Å². The number of H-pyrrole nitrogens is 2. The summed E-state index contributed by atoms with van der Waals surface area (Å²) in [6, 6.07) is 0. The lowest BCUT2D eigenvalue weighted by atomic mass is 10.3. The summed E-state index contributed by atoms with van der Waals surface area (Å²) < 4.78 is 4.99. The molecule has 0 amide bonds. The SMILES string of the molecule is CCOC(=O)c1c(N)[nH][nH]c1=S. The number of esters is 1. The molecule has 0 aliphatic rings. The third-order valence-electron chi connectivity index (χ3n) is 1.29. The van der Waals surface area contributed by atoms with E-state index in [9.17, 15) is 4.79 Å². The third-order valence-corrected chi connectivity index (χ3v) is 1.59. The average Bonchev–Trinajstić information content (AvgIpc) is 2.32. The topological polar surface area (TPSA) is 83.9 Å². The van der Waals surface area contributed by atoms with Crippen LogP contribution in [0.4, 0.5) is 5.82 Å². The van der Waals surface area contributed by atoms with Gasteiger partial charge < -0.3 is 10.5 Å². The van der Waals surface area contributed by atoms with Gasteiger partial charge in [-0.3, -0.25) is 10.2 Å². The van der Waals surface area contributed by atoms with Crippen LogP contribution in [-0.4, -0.2) is 22.8 Å². The Bertz CT molecular complexity index is 341. The van der Waals surface area contributed by atoms with Crippen LogP contribution in [0, 0.1) is 4.64 Å². The lowest BCUT2D eigenvalue weighted by Crippen LogP contribution is -2.06. The summed E-state index contributed by atoms with van der Waals surface area (Å²) in [4.78, 5) is 11.1. The molecule has 0 fully saturated rings. The second kappa shape index (κ2) is 3.40. The van der Waals surface area contributed by atoms with E-state index in [0.717, 1.165) is 0 Å². The van der Waals surface area contributed by atoms with E-state index in [1.165, 1.54) is 0 Å². The Morgan fingerprint density at radius 1 is 1.67 bits per heavy atom. The molecule has 0 saturated heterocycles. The van der Waals surface area contributed by atoms with Crippen molar-refractivity contribution in [3.8, 4) is 0 Å². The van der Waals surface area contributed by atoms with Gasteiger partial charge in [-0.15, -0.1) is 0 Å². The number of nitrogens with one attached hydrogen (secondary N) is 2. The van der Waals surface area contributed by atoms with Crippen molar-refractivity contribution >= 4 is 24.0 Å². The van der Waals surface area contributed by atoms with E-state index < -0.39 is 5.97 Å². The van der Waals surface area contributed by atoms with Gasteiger partial charge in [-0.25, -0.2) is 4.79 Å². The quantitative estimate of drug-likeness (QED) is 0.473. The van der Waals surface area contributed by atoms with Gasteiger partial charge >= 0.3 is 5.97 Å². The maximum atomic E-state index is 11.1. The Labute approximate surface area is 73.9 Å². The molecule has 1 aromatic heterocycles. The molecule has 1 heterocycles. The summed E-state index contributed by atoms with van der Waals surface area (Å²) in [5.74, 6) is -0.295. The Hall–Kier alpha value is -1.30. The van der Waals surface area contributed by atoms with Gasteiger partial charge in [0.1, 0.15) is 16.0 Å². The lowest BCUT2D eigenvalue weighted by Gasteiger charge is -1.97. The van der Waals surface area contributed by atoms with E-state index in [1.807, 2.05) is 0 Å². The molecular weight excluding hydrogens is 178 g/mol. The fraction of sp³-hybridized carbons (Fsp3) is 0.333. The second-order valence-electron chi connectivity index (χ2n) is 2.09. The molecule has 1 aromatic rings. The first kappa shape index (κ1) is 8.79. The summed E-state index contributed by atoms with van der Waals surface area (Å²) in [6.07, 6.45) is 0. The predicted molar refractivity (Wildman–Crippen MR) is 46.3 cm³/mol. The number of rotatable bonds is 2. The molecule has 0 aliphatic carbocycles. The van der Waals surface area contributed by atoms with Crippen LogP contribution in [0.25, 0.3) is 0 Å². The molecule has 0 unspecified atom stereocenters. The van der Waals surface area contributed by atoms with E-state index in [0.29, 0.717) is 6.61 Å². The van der Waals surface area contributed by atoms with Gasteiger partial charge in [0.2, 0.25) is 0 Å². The average molecular weight is 187 g/mol. The van der Waals surface area contributed by atoms with Crippen molar-refractivity contribution in [1.82, 2.24) is 10.2 Å². The Balaban J connectivity index is 3.01. The Morgan fingerprint density at radius 2 is 2.33 bits per heavy atom. The molecule has 4 N–H and O–H groups in total. The maximum Gasteiger partial charge on any atom is 0.344 e. The highest BCUT2D eigenvalue weighted by Gasteiger charge is 2.14. The van der Waals surface area contributed by atoms with Crippen LogP contribution in [-0.2, 0) is 4.74 Å². The highest BCUT2D eigenvalue weighted by atomic mass is 32.1. The molecule has 5 nitrogen and oxygen atoms in total. The van der Waals surface area contributed by atoms with Crippen molar-refractivity contribution in [2.75, 3.05) is 12.3 Å². The number of carbonyl (C=O) groups is 1. The number of ether oxygens (including phenoxy) is 1. The van der Waals surface area contributed by atoms with E-state index in [2.05, 4.69) is 10.2 Å². The fourth-order valence-corrected chi connectivity index (χ4v) is 1.02. The second-order valence-corrected chi connectivity index (χ2v) is 2.50. The number of aromatic amines is 2. The van der Waals surface area contributed by atoms with Crippen molar-refractivity contribution in [2.24, 2.45) is 0 Å². The van der Waals surface area contributed by atoms with Crippen molar-refractivity contribution < 1.29 is 9.53 Å². The Kier molecular flexibility index (Phi) is 2.49. The van der Waals surface area contributed by atoms with Gasteiger partial charge in [0.25, 0.3) is 0 Å². The summed E-state index contributed by atoms with van der Waals surface area (Å²) >= 11 is 4.80. The smallest absolute Gasteiger partial charge is 0.344 e. The van der Waals surface area contributed by atoms with Crippen LogP contribution in [0.15, 0.2) is 0 Å². The third kappa shape index (κ3) is 1.48. The van der Waals surface area contributed by atoms with Crippen LogP contribution in [0.1, 0.15) is 17.3 Å². The largest absolute Gasteiger partial charge is 0.462 e. The van der Waals surface area contributed by atoms with Crippen molar-refractivity contribution in [3.05, 3.63) is 10.2 Å². The zero-order chi connectivity index (χ0) is 9.14. The zero-order valence-electron chi connectivity index (χ0n) is 6.51. The highest BCUT2D eigenvalue weighted by molar-refractivity contribution is 7.71. The van der Waals surface area contributed by atoms with Crippen LogP contribution in [0.2, 0.25) is 0 Å². The maximum absolute atomic E-state index is 11.1. The normalized spacial score (nSPS) is 9.75. The van der Waals surface area contributed by atoms with Gasteiger partial charge in [-0.2, -0.15) is 0 Å². The minimum absolute atomic E-state index is 0.201. The number of nitrogens with two attached hydrogens (primary N) is 1. The molecule has 0 aromatic carbocycles. The van der Waals surface area contributed by atoms with Crippen molar-refractivity contribution in [1.29, 1.82) is 0 Å². The standard InChI is InChI=1S/C6H9N3O2S/c1-2-11-6(10)3-4(7)8-9-5(3)12/h2H2,1H3,(H4,7,8,9,12). The molecule has 12 heavy (non-hydrogen) atoms. The first-order valence-corrected chi connectivity index (χ1v) is 3.81. The van der Waals surface area contributed by atoms with Crippen molar-refractivity contribution in [2.45, 2.75) is 6.92 Å². The number of carbonyl (C=O) groups excluding carboxylic acids is 1. The van der Waals surface area contributed by atoms with Crippen molar-refractivity contribution in [3.63, 3.8) is 0 Å². The van der Waals surface area contributed by atoms with E-state index in [1.54, 1.807) is 6.92 Å². The van der Waals surface area contributed by atoms with Gasteiger partial charge in [0.15, 0.2) is 0 Å². The van der Waals surface area contributed by atoms with Gasteiger partial charge in [-0.05, 0) is 6.92 Å². The van der Waals surface area contributed by atoms with Gasteiger partial charge in [0.05, 0.1) is 6.61 Å². The molecule has 1 rings (SSSR count). The predicted octanol–water partition coefficient (Wildman–Crippen LogP) is 0.831. The summed E-state index contributed by atoms with van der Waals surface area (Å²) in [5.41, 5.74) is 5.62. The van der Waals surface area contributed by atoms with Crippen LogP contribution < -0.4 is 5.73 Å². The fourth-order valence-electron chi connectivity index (χ4n) is 0.777. The highest BCUT2D eigenvalue weighted by Crippen LogP contribution is 2.09. The molecule has 0 radical (unpaired) electrons. The van der Waals surface area contributed by atoms with Crippen LogP contribution >= 0.6 is 12.2 Å². The van der Waals surface area contributed by atoms with Gasteiger partial charge in [-0.1, -0.05) is 12.2 Å². The minimum atomic E-state index is -0.502. The van der Waals surface area contributed by atoms with E-state index >= 15 is 0 Å². The first-order valence-electron chi connectivity index (χ1n) is 3.40. The molecule has 66 valence electrons. The number of nitrogen functional groups attached to an aromatic ring is 1. The number of hydrogen-bond acceptors (Lipinski definition) is 4. The molecular formula is C6H9N3O2S. The van der Waals surface area contributed by atoms with Crippen LogP contribution in [0.5, 0.6) is 0 Å². The Morgan fingerprint density at radius 3 is 2.75 bits per heavy atom. The molecule has 0 spiro atoms. The molecule has 0 atom stereocenters. The number of hydrogen-bond donors (Lipinski definition) is 3. The first-order chi connectivity index (χ1) is 5.66. The van der Waals surface area contributed by atoms with Gasteiger partial charge in [0, 0.05) is 0 Å². The van der Waals surface area contributed by atoms with E-state index in [4.69, 9.17) is 22.7 Å². The molecule has 0 aliphatic heterocycles.